The van der Waals surface area contributed by atoms with Crippen LogP contribution in [-0.4, -0.2) is 53.1 Å². The zero-order valence-corrected chi connectivity index (χ0v) is 80.2. The van der Waals surface area contributed by atoms with Crippen LogP contribution in [-0.2, 0) is 34.6 Å². The van der Waals surface area contributed by atoms with Gasteiger partial charge in [0.2, 0.25) is 0 Å². The van der Waals surface area contributed by atoms with Crippen molar-refractivity contribution in [3.8, 4) is 45.0 Å². The fourth-order valence-corrected chi connectivity index (χ4v) is 33.0. The van der Waals surface area contributed by atoms with Crippen molar-refractivity contribution in [3.05, 3.63) is 189 Å². The van der Waals surface area contributed by atoms with Crippen LogP contribution in [0.2, 0.25) is 69.1 Å². The van der Waals surface area contributed by atoms with E-state index in [-0.39, 0.29) is 0 Å². The van der Waals surface area contributed by atoms with E-state index in [1.54, 1.807) is 39.8 Å². The molecule has 4 heterocycles. The van der Waals surface area contributed by atoms with Crippen LogP contribution < -0.4 is 35.9 Å². The summed E-state index contributed by atoms with van der Waals surface area (Å²) >= 11 is -7.61. The Morgan fingerprint density at radius 2 is 0.638 bits per heavy atom. The Kier molecular flexibility index (Phi) is 29.2. The quantitative estimate of drug-likeness (QED) is 0.0601. The predicted octanol–water partition coefficient (Wildman–Crippen LogP) is 23.3. The molecule has 566 valence electrons. The number of aryl methyl sites for hydroxylation is 9. The third-order valence-corrected chi connectivity index (χ3v) is 41.8. The monoisotopic (exact) mass is 1660 g/mol. The van der Waals surface area contributed by atoms with E-state index in [2.05, 4.69) is 314 Å². The summed E-state index contributed by atoms with van der Waals surface area (Å²) in [6.45, 7) is 25.0. The predicted molar refractivity (Wildman–Crippen MR) is 469 cm³/mol. The number of pyridine rings is 4. The average molecular weight is 1660 g/mol. The van der Waals surface area contributed by atoms with Gasteiger partial charge in [0, 0.05) is 0 Å². The van der Waals surface area contributed by atoms with E-state index >= 15 is 0 Å². The van der Waals surface area contributed by atoms with E-state index in [9.17, 15) is 0 Å². The minimum absolute atomic E-state index is 0.585. The van der Waals surface area contributed by atoms with Gasteiger partial charge in [0.1, 0.15) is 0 Å². The fourth-order valence-electron chi connectivity index (χ4n) is 18.5. The number of aromatic nitrogens is 4. The molecular weight excluding hydrogens is 1510 g/mol. The summed E-state index contributed by atoms with van der Waals surface area (Å²) in [6, 6.07) is 38.4. The first-order valence-corrected chi connectivity index (χ1v) is 71.3. The maximum atomic E-state index is 2.58. The topological polar surface area (TPSA) is 15.5 Å². The molecule has 0 saturated heterocycles. The molecule has 4 aromatic carbocycles. The van der Waals surface area contributed by atoms with Crippen molar-refractivity contribution in [1.29, 1.82) is 0 Å². The fraction of sp³-hybridized carbons (Fsp3) is 0.546. The summed E-state index contributed by atoms with van der Waals surface area (Å²) in [5, 5.41) is 0. The Labute approximate surface area is 653 Å². The molecule has 0 amide bonds. The molecule has 4 aromatic heterocycles. The third kappa shape index (κ3) is 21.2. The van der Waals surface area contributed by atoms with Crippen molar-refractivity contribution >= 4 is 70.6 Å². The van der Waals surface area contributed by atoms with Crippen molar-refractivity contribution in [1.82, 2.24) is 0 Å². The van der Waals surface area contributed by atoms with Crippen LogP contribution in [0.15, 0.2) is 122 Å². The van der Waals surface area contributed by atoms with Crippen LogP contribution in [0.5, 0.6) is 0 Å². The van der Waals surface area contributed by atoms with Gasteiger partial charge in [-0.2, -0.15) is 0 Å². The van der Waals surface area contributed by atoms with Crippen LogP contribution in [0.3, 0.4) is 0 Å². The first-order valence-electron chi connectivity index (χ1n) is 41.9. The van der Waals surface area contributed by atoms with Gasteiger partial charge in [-0.05, 0) is 0 Å². The molecule has 0 radical (unpaired) electrons. The summed E-state index contributed by atoms with van der Waals surface area (Å²) < 4.78 is 16.4. The van der Waals surface area contributed by atoms with Crippen molar-refractivity contribution in [2.75, 3.05) is 0 Å². The van der Waals surface area contributed by atoms with E-state index < -0.39 is 53.1 Å². The maximum absolute atomic E-state index is 2.58. The molecule has 0 unspecified atom stereocenters. The molecule has 4 nitrogen and oxygen atoms in total. The molecule has 105 heavy (non-hydrogen) atoms. The van der Waals surface area contributed by atoms with Crippen molar-refractivity contribution in [3.63, 3.8) is 0 Å². The molecule has 12 rings (SSSR count). The first-order chi connectivity index (χ1) is 49.4. The SMILES string of the molecule is CCC(CC)c1ccc(C)c(-c2cc(C3CCCC3)[c]([Ge]([CH3])([CH3])[CH3])c[n+]2C)c1.Cc1cc(C(C)C)ccc1-c1cc(C2CCCC2)[c]([Ge]([CH3])([CH3])[CH3])c[n+]1C.Cc1cc(CC(C)C)ccc1-c1cc(C2CCCC2)[c]([Ge]([CH3])([CH3])[CH3])c[n+]1C.Cc1ccc(-c2cc(C3CCCC3)[c]([Ge]([CH3])([CH3])[CH3])c[n+]2C)c(C)c1. The summed E-state index contributed by atoms with van der Waals surface area (Å²) in [6.07, 6.45) is 35.8. The van der Waals surface area contributed by atoms with Crippen LogP contribution in [0, 0.1) is 40.5 Å². The van der Waals surface area contributed by atoms with Crippen LogP contribution in [0.1, 0.15) is 259 Å². The second-order valence-corrected chi connectivity index (χ2v) is 80.6. The molecule has 0 bridgehead atoms. The molecule has 4 aliphatic carbocycles. The number of hydrogen-bond donors (Lipinski definition) is 0. The second-order valence-electron chi connectivity index (χ2n) is 38.4. The molecule has 0 N–H and O–H groups in total. The molecule has 8 heteroatoms. The number of rotatable bonds is 18. The minimum atomic E-state index is -1.92. The zero-order valence-electron chi connectivity index (χ0n) is 71.8. The van der Waals surface area contributed by atoms with Gasteiger partial charge in [-0.15, -0.1) is 0 Å². The Hall–Kier alpha value is -4.35. The molecule has 4 aliphatic rings. The van der Waals surface area contributed by atoms with Gasteiger partial charge in [0.05, 0.1) is 0 Å². The van der Waals surface area contributed by atoms with Crippen LogP contribution in [0.25, 0.3) is 45.0 Å². The third-order valence-electron chi connectivity index (χ3n) is 24.7. The van der Waals surface area contributed by atoms with E-state index in [4.69, 9.17) is 0 Å². The van der Waals surface area contributed by atoms with Gasteiger partial charge < -0.3 is 0 Å². The summed E-state index contributed by atoms with van der Waals surface area (Å²) in [7, 11) is 8.97. The van der Waals surface area contributed by atoms with Crippen molar-refractivity contribution in [2.24, 2.45) is 34.1 Å². The Morgan fingerprint density at radius 3 is 0.933 bits per heavy atom. The molecule has 0 atom stereocenters. The Balaban J connectivity index is 0.000000162. The summed E-state index contributed by atoms with van der Waals surface area (Å²) in [5.74, 6) is 35.6. The summed E-state index contributed by atoms with van der Waals surface area (Å²) in [5.41, 5.74) is 29.2. The molecule has 8 aromatic rings. The average Bonchev–Trinajstić information content (AvgIpc) is 1.69. The Bertz CT molecular complexity index is 4270. The molecule has 4 saturated carbocycles. The number of benzene rings is 4. The van der Waals surface area contributed by atoms with Crippen LogP contribution in [0.4, 0.5) is 0 Å². The first kappa shape index (κ1) is 84.7. The van der Waals surface area contributed by atoms with E-state index in [0.29, 0.717) is 17.8 Å². The molecule has 4 fully saturated rings. The van der Waals surface area contributed by atoms with Gasteiger partial charge >= 0.3 is 659 Å². The number of nitrogens with zero attached hydrogens (tertiary/aromatic N) is 4. The molecule has 0 aliphatic heterocycles. The van der Waals surface area contributed by atoms with Gasteiger partial charge in [-0.1, -0.05) is 0 Å². The molecular formula is C97H146Ge4N4+4. The van der Waals surface area contributed by atoms with Crippen molar-refractivity contribution in [2.45, 2.75) is 303 Å². The van der Waals surface area contributed by atoms with E-state index in [1.807, 2.05) is 0 Å². The molecule has 0 spiro atoms. The van der Waals surface area contributed by atoms with Crippen molar-refractivity contribution < 1.29 is 18.3 Å². The Morgan fingerprint density at radius 1 is 0.333 bits per heavy atom. The van der Waals surface area contributed by atoms with E-state index in [1.165, 1.54) is 205 Å². The van der Waals surface area contributed by atoms with Crippen LogP contribution >= 0.6 is 0 Å². The standard InChI is InChI=1S/C26H40GeN.C25H38GeN.C24H36GeN.C22H32GeN/c1-8-20(9-2)22-15-14-19(3)23(16-22)26-17-24(21-12-10-11-13-21)25(18-28(26)7)27(4,5)6;1-18(2)14-20-12-13-22(19(3)15-20)25-16-23(21-10-8-9-11-21)24(17-27(25)7)26(4,5)6;1-17(2)20-12-13-21(18(3)14-20)24-15-22(19-10-8-9-11-19)23(16-26(24)7)25(4,5)6;1-16-11-12-19(17(2)13-16)22-14-20(18-9-7-8-10-18)21(15-24(22)6)23(3,4)5/h14-18,20-21H,8-13H2,1-7H3;12-13,15-18,21H,8-11,14H2,1-7H3;12-17,19H,8-11H2,1-7H3;11-15,18H,7-10H2,1-6H3/q4*+1. The van der Waals surface area contributed by atoms with Gasteiger partial charge in [-0.25, -0.2) is 0 Å². The number of hydrogen-bond acceptors (Lipinski definition) is 0. The van der Waals surface area contributed by atoms with E-state index in [0.717, 1.165) is 30.1 Å². The van der Waals surface area contributed by atoms with Gasteiger partial charge in [0.15, 0.2) is 0 Å². The van der Waals surface area contributed by atoms with Gasteiger partial charge in [0.25, 0.3) is 0 Å². The normalized spacial score (nSPS) is 15.8. The summed E-state index contributed by atoms with van der Waals surface area (Å²) in [4.78, 5) is 0. The zero-order chi connectivity index (χ0) is 76.8. The second kappa shape index (κ2) is 36.2. The van der Waals surface area contributed by atoms with Gasteiger partial charge in [-0.3, -0.25) is 0 Å².